The Hall–Kier alpha value is -1.96. The Morgan fingerprint density at radius 1 is 0.850 bits per heavy atom. The van der Waals surface area contributed by atoms with Crippen molar-refractivity contribution in [1.82, 2.24) is 0 Å². The third-order valence-corrected chi connectivity index (χ3v) is 4.31. The Labute approximate surface area is 120 Å². The molecule has 1 aliphatic rings. The molecule has 0 amide bonds. The Kier molecular flexibility index (Phi) is 3.39. The van der Waals surface area contributed by atoms with E-state index in [4.69, 9.17) is 9.47 Å². The quantitative estimate of drug-likeness (QED) is 0.824. The van der Waals surface area contributed by atoms with Crippen molar-refractivity contribution in [3.05, 3.63) is 59.2 Å². The number of methoxy groups -OCH3 is 2. The summed E-state index contributed by atoms with van der Waals surface area (Å²) < 4.78 is 10.6. The first-order chi connectivity index (χ1) is 9.72. The van der Waals surface area contributed by atoms with Crippen molar-refractivity contribution in [2.75, 3.05) is 14.2 Å². The third-order valence-electron chi connectivity index (χ3n) is 4.31. The molecule has 2 unspecified atom stereocenters. The molecule has 0 bridgehead atoms. The summed E-state index contributed by atoms with van der Waals surface area (Å²) in [5, 5.41) is 0. The topological polar surface area (TPSA) is 18.5 Å². The van der Waals surface area contributed by atoms with Gasteiger partial charge in [0.05, 0.1) is 14.2 Å². The maximum Gasteiger partial charge on any atom is 0.119 e. The van der Waals surface area contributed by atoms with Gasteiger partial charge in [-0.2, -0.15) is 0 Å². The van der Waals surface area contributed by atoms with Crippen LogP contribution in [-0.4, -0.2) is 14.2 Å². The van der Waals surface area contributed by atoms with Gasteiger partial charge in [-0.15, -0.1) is 0 Å². The van der Waals surface area contributed by atoms with E-state index in [-0.39, 0.29) is 0 Å². The number of benzene rings is 2. The van der Waals surface area contributed by atoms with Crippen LogP contribution in [0.25, 0.3) is 0 Å². The van der Waals surface area contributed by atoms with E-state index in [0.29, 0.717) is 11.8 Å². The fourth-order valence-electron chi connectivity index (χ4n) is 3.19. The van der Waals surface area contributed by atoms with Crippen molar-refractivity contribution in [1.29, 1.82) is 0 Å². The van der Waals surface area contributed by atoms with Gasteiger partial charge in [0.15, 0.2) is 0 Å². The molecule has 2 aromatic carbocycles. The highest BCUT2D eigenvalue weighted by Crippen LogP contribution is 2.46. The lowest BCUT2D eigenvalue weighted by Gasteiger charge is -2.13. The van der Waals surface area contributed by atoms with Crippen LogP contribution in [0.15, 0.2) is 42.5 Å². The van der Waals surface area contributed by atoms with Gasteiger partial charge >= 0.3 is 0 Å². The van der Waals surface area contributed by atoms with Crippen molar-refractivity contribution in [3.63, 3.8) is 0 Å². The first kappa shape index (κ1) is 13.0. The van der Waals surface area contributed by atoms with E-state index in [2.05, 4.69) is 37.3 Å². The summed E-state index contributed by atoms with van der Waals surface area (Å²) in [5.41, 5.74) is 4.21. The molecule has 0 heterocycles. The van der Waals surface area contributed by atoms with Gasteiger partial charge in [-0.25, -0.2) is 0 Å². The summed E-state index contributed by atoms with van der Waals surface area (Å²) in [7, 11) is 3.43. The minimum Gasteiger partial charge on any atom is -0.497 e. The highest BCUT2D eigenvalue weighted by molar-refractivity contribution is 5.48. The molecule has 0 fully saturated rings. The molecule has 1 aliphatic carbocycles. The van der Waals surface area contributed by atoms with Gasteiger partial charge in [-0.1, -0.05) is 25.1 Å². The number of hydrogen-bond donors (Lipinski definition) is 0. The second-order valence-corrected chi connectivity index (χ2v) is 5.46. The molecule has 2 aromatic rings. The Bertz CT molecular complexity index is 601. The lowest BCUT2D eigenvalue weighted by Crippen LogP contribution is -1.97. The molecule has 0 spiro atoms. The predicted molar refractivity (Wildman–Crippen MR) is 80.9 cm³/mol. The molecule has 2 heteroatoms. The maximum absolute atomic E-state index is 5.38. The molecule has 20 heavy (non-hydrogen) atoms. The molecule has 0 N–H and O–H groups in total. The van der Waals surface area contributed by atoms with Crippen LogP contribution in [0.1, 0.15) is 41.9 Å². The van der Waals surface area contributed by atoms with Crippen LogP contribution in [0.4, 0.5) is 0 Å². The van der Waals surface area contributed by atoms with Crippen LogP contribution >= 0.6 is 0 Å². The van der Waals surface area contributed by atoms with E-state index in [1.807, 2.05) is 12.1 Å². The maximum atomic E-state index is 5.38. The summed E-state index contributed by atoms with van der Waals surface area (Å²) in [4.78, 5) is 0. The fourth-order valence-corrected chi connectivity index (χ4v) is 3.19. The molecule has 2 nitrogen and oxygen atoms in total. The zero-order valence-corrected chi connectivity index (χ0v) is 12.2. The highest BCUT2D eigenvalue weighted by atomic mass is 16.5. The van der Waals surface area contributed by atoms with E-state index in [1.165, 1.54) is 16.7 Å². The Morgan fingerprint density at radius 3 is 2.15 bits per heavy atom. The van der Waals surface area contributed by atoms with Crippen LogP contribution < -0.4 is 9.47 Å². The average molecular weight is 268 g/mol. The Balaban J connectivity index is 2.00. The number of hydrogen-bond acceptors (Lipinski definition) is 2. The number of ether oxygens (including phenoxy) is 2. The van der Waals surface area contributed by atoms with Crippen molar-refractivity contribution < 1.29 is 9.47 Å². The molecule has 0 saturated heterocycles. The lowest BCUT2D eigenvalue weighted by molar-refractivity contribution is 0.414. The molecule has 0 saturated carbocycles. The largest absolute Gasteiger partial charge is 0.497 e. The minimum atomic E-state index is 0.459. The molecule has 0 aliphatic heterocycles. The van der Waals surface area contributed by atoms with Gasteiger partial charge in [0, 0.05) is 5.92 Å². The van der Waals surface area contributed by atoms with Crippen molar-refractivity contribution in [2.24, 2.45) is 0 Å². The van der Waals surface area contributed by atoms with Crippen molar-refractivity contribution in [2.45, 2.75) is 25.2 Å². The normalized spacial score (nSPS) is 20.6. The van der Waals surface area contributed by atoms with E-state index in [0.717, 1.165) is 17.9 Å². The van der Waals surface area contributed by atoms with Gasteiger partial charge < -0.3 is 9.47 Å². The Morgan fingerprint density at radius 2 is 1.50 bits per heavy atom. The summed E-state index contributed by atoms with van der Waals surface area (Å²) in [6.07, 6.45) is 1.16. The highest BCUT2D eigenvalue weighted by Gasteiger charge is 2.29. The fraction of sp³-hybridized carbons (Fsp3) is 0.333. The zero-order valence-electron chi connectivity index (χ0n) is 12.2. The molecule has 0 radical (unpaired) electrons. The monoisotopic (exact) mass is 268 g/mol. The second-order valence-electron chi connectivity index (χ2n) is 5.46. The van der Waals surface area contributed by atoms with E-state index in [1.54, 1.807) is 14.2 Å². The first-order valence-electron chi connectivity index (χ1n) is 7.04. The third kappa shape index (κ3) is 2.15. The van der Waals surface area contributed by atoms with Gasteiger partial charge in [0.1, 0.15) is 11.5 Å². The summed E-state index contributed by atoms with van der Waals surface area (Å²) >= 11 is 0. The number of fused-ring (bicyclic) bond motifs is 1. The second kappa shape index (κ2) is 5.20. The van der Waals surface area contributed by atoms with Gasteiger partial charge in [0.2, 0.25) is 0 Å². The number of rotatable bonds is 3. The van der Waals surface area contributed by atoms with Crippen LogP contribution in [0.5, 0.6) is 11.5 Å². The predicted octanol–water partition coefficient (Wildman–Crippen LogP) is 4.34. The van der Waals surface area contributed by atoms with E-state index < -0.39 is 0 Å². The van der Waals surface area contributed by atoms with Crippen molar-refractivity contribution >= 4 is 0 Å². The summed E-state index contributed by atoms with van der Waals surface area (Å²) in [6, 6.07) is 14.9. The van der Waals surface area contributed by atoms with Gasteiger partial charge in [0.25, 0.3) is 0 Å². The first-order valence-corrected chi connectivity index (χ1v) is 7.04. The van der Waals surface area contributed by atoms with Crippen LogP contribution in [0.3, 0.4) is 0 Å². The smallest absolute Gasteiger partial charge is 0.119 e. The molecule has 3 rings (SSSR count). The van der Waals surface area contributed by atoms with Crippen molar-refractivity contribution in [3.8, 4) is 11.5 Å². The molecule has 2 atom stereocenters. The average Bonchev–Trinajstić information content (AvgIpc) is 2.84. The summed E-state index contributed by atoms with van der Waals surface area (Å²) in [5.74, 6) is 2.91. The molecule has 0 aromatic heterocycles. The van der Waals surface area contributed by atoms with E-state index >= 15 is 0 Å². The van der Waals surface area contributed by atoms with Crippen LogP contribution in [-0.2, 0) is 0 Å². The minimum absolute atomic E-state index is 0.459. The van der Waals surface area contributed by atoms with Crippen LogP contribution in [0.2, 0.25) is 0 Å². The molecular formula is C18H20O2. The standard InChI is InChI=1S/C18H20O2/c1-12-10-17(13-4-6-14(19-2)7-5-13)18-11-15(20-3)8-9-16(12)18/h4-9,11-12,17H,10H2,1-3H3. The van der Waals surface area contributed by atoms with E-state index in [9.17, 15) is 0 Å². The zero-order chi connectivity index (χ0) is 14.1. The van der Waals surface area contributed by atoms with Crippen LogP contribution in [0, 0.1) is 0 Å². The lowest BCUT2D eigenvalue weighted by atomic mass is 9.92. The SMILES string of the molecule is COc1ccc(C2CC(C)c3ccc(OC)cc32)cc1. The summed E-state index contributed by atoms with van der Waals surface area (Å²) in [6.45, 7) is 2.30. The molecule has 104 valence electrons. The molecular weight excluding hydrogens is 248 g/mol. The van der Waals surface area contributed by atoms with Gasteiger partial charge in [-0.05, 0) is 53.3 Å². The van der Waals surface area contributed by atoms with Gasteiger partial charge in [-0.3, -0.25) is 0 Å².